The minimum Gasteiger partial charge on any atom is -0.370 e. The van der Waals surface area contributed by atoms with Crippen LogP contribution in [0.2, 0.25) is 0 Å². The number of fused-ring (bicyclic) bond motifs is 1. The van der Waals surface area contributed by atoms with E-state index in [1.54, 1.807) is 11.3 Å². The average Bonchev–Trinajstić information content (AvgIpc) is 3.00. The zero-order valence-electron chi connectivity index (χ0n) is 9.73. The van der Waals surface area contributed by atoms with E-state index in [-0.39, 0.29) is 0 Å². The first-order valence-corrected chi connectivity index (χ1v) is 6.85. The summed E-state index contributed by atoms with van der Waals surface area (Å²) >= 11 is 1.58. The Morgan fingerprint density at radius 1 is 1.35 bits per heavy atom. The molecule has 0 fully saturated rings. The number of hydrogen-bond donors (Lipinski definition) is 1. The van der Waals surface area contributed by atoms with Gasteiger partial charge >= 0.3 is 0 Å². The van der Waals surface area contributed by atoms with Crippen LogP contribution in [0.4, 0.5) is 5.82 Å². The number of aromatic nitrogens is 3. The third-order valence-corrected chi connectivity index (χ3v) is 3.53. The molecule has 0 unspecified atom stereocenters. The van der Waals surface area contributed by atoms with E-state index in [0.717, 1.165) is 36.7 Å². The lowest BCUT2D eigenvalue weighted by Gasteiger charge is -2.09. The fourth-order valence-electron chi connectivity index (χ4n) is 2.18. The highest BCUT2D eigenvalue weighted by Crippen LogP contribution is 2.28. The van der Waals surface area contributed by atoms with Gasteiger partial charge in [-0.25, -0.2) is 15.0 Å². The van der Waals surface area contributed by atoms with E-state index in [9.17, 15) is 0 Å². The normalized spacial score (nSPS) is 13.7. The van der Waals surface area contributed by atoms with Crippen molar-refractivity contribution in [3.05, 3.63) is 22.1 Å². The van der Waals surface area contributed by atoms with E-state index < -0.39 is 0 Å². The summed E-state index contributed by atoms with van der Waals surface area (Å²) in [5, 5.41) is 5.33. The van der Waals surface area contributed by atoms with Crippen molar-refractivity contribution in [1.29, 1.82) is 0 Å². The molecule has 4 nitrogen and oxygen atoms in total. The Balaban J connectivity index is 2.09. The SMILES string of the molecule is CCNc1nc(-c2cscn2)nc2c1CCC2. The van der Waals surface area contributed by atoms with Crippen molar-refractivity contribution >= 4 is 17.2 Å². The summed E-state index contributed by atoms with van der Waals surface area (Å²) in [6, 6.07) is 0. The molecule has 0 amide bonds. The van der Waals surface area contributed by atoms with Gasteiger partial charge in [-0.3, -0.25) is 0 Å². The minimum absolute atomic E-state index is 0.753. The molecule has 0 saturated carbocycles. The van der Waals surface area contributed by atoms with E-state index in [1.807, 2.05) is 10.9 Å². The second-order valence-corrected chi connectivity index (χ2v) is 4.80. The maximum absolute atomic E-state index is 4.63. The first-order chi connectivity index (χ1) is 8.38. The lowest BCUT2D eigenvalue weighted by molar-refractivity contribution is 0.899. The Morgan fingerprint density at radius 3 is 3.06 bits per heavy atom. The molecule has 1 aliphatic carbocycles. The molecular weight excluding hydrogens is 232 g/mol. The average molecular weight is 246 g/mol. The zero-order chi connectivity index (χ0) is 11.7. The standard InChI is InChI=1S/C12H14N4S/c1-2-13-11-8-4-3-5-9(8)15-12(16-11)10-6-17-7-14-10/h6-7H,2-5H2,1H3,(H,13,15,16). The van der Waals surface area contributed by atoms with Crippen molar-refractivity contribution in [3.63, 3.8) is 0 Å². The molecule has 17 heavy (non-hydrogen) atoms. The summed E-state index contributed by atoms with van der Waals surface area (Å²) in [6.45, 7) is 2.98. The number of thiazole rings is 1. The molecule has 5 heteroatoms. The topological polar surface area (TPSA) is 50.7 Å². The number of aryl methyl sites for hydroxylation is 1. The highest BCUT2D eigenvalue weighted by Gasteiger charge is 2.19. The molecule has 1 aliphatic rings. The summed E-state index contributed by atoms with van der Waals surface area (Å²) in [7, 11) is 0. The molecule has 3 rings (SSSR count). The van der Waals surface area contributed by atoms with Crippen LogP contribution in [0.3, 0.4) is 0 Å². The molecule has 88 valence electrons. The molecule has 2 heterocycles. The quantitative estimate of drug-likeness (QED) is 0.904. The van der Waals surface area contributed by atoms with Gasteiger partial charge in [-0.15, -0.1) is 11.3 Å². The van der Waals surface area contributed by atoms with E-state index in [1.165, 1.54) is 17.7 Å². The summed E-state index contributed by atoms with van der Waals surface area (Å²) in [5.41, 5.74) is 5.19. The molecule has 0 spiro atoms. The molecule has 2 aromatic heterocycles. The third-order valence-electron chi connectivity index (χ3n) is 2.94. The van der Waals surface area contributed by atoms with Crippen LogP contribution in [0, 0.1) is 0 Å². The fraction of sp³-hybridized carbons (Fsp3) is 0.417. The van der Waals surface area contributed by atoms with E-state index in [0.29, 0.717) is 0 Å². The number of anilines is 1. The maximum Gasteiger partial charge on any atom is 0.181 e. The molecule has 0 aliphatic heterocycles. The van der Waals surface area contributed by atoms with E-state index in [4.69, 9.17) is 0 Å². The van der Waals surface area contributed by atoms with Gasteiger partial charge in [-0.05, 0) is 26.2 Å². The second kappa shape index (κ2) is 4.41. The van der Waals surface area contributed by atoms with Gasteiger partial charge in [-0.2, -0.15) is 0 Å². The van der Waals surface area contributed by atoms with Crippen molar-refractivity contribution in [1.82, 2.24) is 15.0 Å². The smallest absolute Gasteiger partial charge is 0.181 e. The Morgan fingerprint density at radius 2 is 2.29 bits per heavy atom. The highest BCUT2D eigenvalue weighted by atomic mass is 32.1. The first kappa shape index (κ1) is 10.7. The Hall–Kier alpha value is -1.49. The predicted molar refractivity (Wildman–Crippen MR) is 69.3 cm³/mol. The lowest BCUT2D eigenvalue weighted by atomic mass is 10.2. The fourth-order valence-corrected chi connectivity index (χ4v) is 2.71. The van der Waals surface area contributed by atoms with Crippen LogP contribution in [0.5, 0.6) is 0 Å². The van der Waals surface area contributed by atoms with Crippen molar-refractivity contribution in [2.75, 3.05) is 11.9 Å². The molecular formula is C12H14N4S. The minimum atomic E-state index is 0.753. The van der Waals surface area contributed by atoms with Gasteiger partial charge in [0.05, 0.1) is 5.51 Å². The first-order valence-electron chi connectivity index (χ1n) is 5.90. The van der Waals surface area contributed by atoms with Crippen molar-refractivity contribution in [2.45, 2.75) is 26.2 Å². The number of hydrogen-bond acceptors (Lipinski definition) is 5. The van der Waals surface area contributed by atoms with Gasteiger partial charge in [-0.1, -0.05) is 0 Å². The van der Waals surface area contributed by atoms with Gasteiger partial charge < -0.3 is 5.32 Å². The van der Waals surface area contributed by atoms with Crippen LogP contribution < -0.4 is 5.32 Å². The van der Waals surface area contributed by atoms with Crippen molar-refractivity contribution < 1.29 is 0 Å². The van der Waals surface area contributed by atoms with Gasteiger partial charge in [0.1, 0.15) is 11.5 Å². The van der Waals surface area contributed by atoms with Gasteiger partial charge in [0, 0.05) is 23.2 Å². The van der Waals surface area contributed by atoms with Crippen LogP contribution in [0.25, 0.3) is 11.5 Å². The van der Waals surface area contributed by atoms with Crippen LogP contribution in [-0.2, 0) is 12.8 Å². The largest absolute Gasteiger partial charge is 0.370 e. The molecule has 1 N–H and O–H groups in total. The summed E-state index contributed by atoms with van der Waals surface area (Å²) in [5.74, 6) is 1.75. The van der Waals surface area contributed by atoms with Crippen molar-refractivity contribution in [3.8, 4) is 11.5 Å². The molecule has 0 atom stereocenters. The molecule has 0 bridgehead atoms. The van der Waals surface area contributed by atoms with E-state index >= 15 is 0 Å². The summed E-state index contributed by atoms with van der Waals surface area (Å²) in [4.78, 5) is 13.5. The second-order valence-electron chi connectivity index (χ2n) is 4.08. The lowest BCUT2D eigenvalue weighted by Crippen LogP contribution is -2.06. The maximum atomic E-state index is 4.63. The third kappa shape index (κ3) is 1.91. The molecule has 2 aromatic rings. The van der Waals surface area contributed by atoms with Crippen LogP contribution in [0.1, 0.15) is 24.6 Å². The van der Waals surface area contributed by atoms with Crippen LogP contribution >= 0.6 is 11.3 Å². The van der Waals surface area contributed by atoms with Gasteiger partial charge in [0.25, 0.3) is 0 Å². The summed E-state index contributed by atoms with van der Waals surface area (Å²) < 4.78 is 0. The number of rotatable bonds is 3. The van der Waals surface area contributed by atoms with Gasteiger partial charge in [0.15, 0.2) is 5.82 Å². The molecule has 0 aromatic carbocycles. The number of nitrogens with zero attached hydrogens (tertiary/aromatic N) is 3. The van der Waals surface area contributed by atoms with Crippen LogP contribution in [0.15, 0.2) is 10.9 Å². The molecule has 0 radical (unpaired) electrons. The summed E-state index contributed by atoms with van der Waals surface area (Å²) in [6.07, 6.45) is 3.34. The van der Waals surface area contributed by atoms with Crippen molar-refractivity contribution in [2.24, 2.45) is 0 Å². The Bertz CT molecular complexity index is 522. The monoisotopic (exact) mass is 246 g/mol. The zero-order valence-corrected chi connectivity index (χ0v) is 10.5. The number of nitrogens with one attached hydrogen (secondary N) is 1. The van der Waals surface area contributed by atoms with E-state index in [2.05, 4.69) is 27.2 Å². The Kier molecular flexibility index (Phi) is 2.76. The predicted octanol–water partition coefficient (Wildman–Crippen LogP) is 2.52. The van der Waals surface area contributed by atoms with Crippen LogP contribution in [-0.4, -0.2) is 21.5 Å². The molecule has 0 saturated heterocycles. The van der Waals surface area contributed by atoms with Gasteiger partial charge in [0.2, 0.25) is 0 Å². The highest BCUT2D eigenvalue weighted by molar-refractivity contribution is 7.07. The Labute approximate surface area is 104 Å².